The summed E-state index contributed by atoms with van der Waals surface area (Å²) in [4.78, 5) is 23.8. The number of alkyl halides is 3. The maximum atomic E-state index is 13.9. The van der Waals surface area contributed by atoms with Gasteiger partial charge in [-0.1, -0.05) is 18.2 Å². The number of aromatic nitrogens is 4. The Labute approximate surface area is 229 Å². The van der Waals surface area contributed by atoms with E-state index in [1.54, 1.807) is 29.1 Å². The number of hydrogen-bond donors (Lipinski definition) is 2. The Bertz CT molecular complexity index is 1500. The number of rotatable bonds is 8. The number of amides is 1. The molecule has 2 N–H and O–H groups in total. The summed E-state index contributed by atoms with van der Waals surface area (Å²) in [5.74, 6) is -0.0725. The molecule has 0 spiro atoms. The molecule has 2 aromatic heterocycles. The van der Waals surface area contributed by atoms with Crippen LogP contribution in [0, 0.1) is 0 Å². The number of nitrogens with zero attached hydrogens (tertiary/aromatic N) is 5. The van der Waals surface area contributed by atoms with Crippen molar-refractivity contribution in [2.45, 2.75) is 39.2 Å². The molecule has 1 aliphatic rings. The first-order valence-electron chi connectivity index (χ1n) is 13.1. The smallest absolute Gasteiger partial charge is 0.379 e. The molecule has 1 aliphatic heterocycles. The van der Waals surface area contributed by atoms with Crippen LogP contribution in [0.4, 0.5) is 24.7 Å². The van der Waals surface area contributed by atoms with Gasteiger partial charge in [-0.25, -0.2) is 9.97 Å². The van der Waals surface area contributed by atoms with Gasteiger partial charge in [-0.2, -0.15) is 18.3 Å². The van der Waals surface area contributed by atoms with E-state index in [0.717, 1.165) is 11.6 Å². The van der Waals surface area contributed by atoms with E-state index in [4.69, 9.17) is 4.74 Å². The summed E-state index contributed by atoms with van der Waals surface area (Å²) in [6, 6.07) is 10.7. The number of nitrogens with one attached hydrogen (secondary N) is 2. The summed E-state index contributed by atoms with van der Waals surface area (Å²) in [5.41, 5.74) is 1.81. The molecule has 0 saturated carbocycles. The van der Waals surface area contributed by atoms with Gasteiger partial charge in [0.25, 0.3) is 5.91 Å². The van der Waals surface area contributed by atoms with Crippen molar-refractivity contribution in [2.24, 2.45) is 0 Å². The number of ether oxygens (including phenoxy) is 1. The largest absolute Gasteiger partial charge is 0.416 e. The van der Waals surface area contributed by atoms with Gasteiger partial charge in [0.1, 0.15) is 11.3 Å². The van der Waals surface area contributed by atoms with Crippen molar-refractivity contribution >= 4 is 28.6 Å². The predicted octanol–water partition coefficient (Wildman–Crippen LogP) is 5.12. The van der Waals surface area contributed by atoms with E-state index in [-0.39, 0.29) is 23.7 Å². The van der Waals surface area contributed by atoms with Gasteiger partial charge in [0.2, 0.25) is 5.65 Å². The minimum Gasteiger partial charge on any atom is -0.379 e. The van der Waals surface area contributed by atoms with E-state index in [2.05, 4.69) is 25.7 Å². The standard InChI is InChI=1S/C28H30F3N7O2/c1-3-38-17-24-26(36-38)35-25(15-32-24)33-18(2)19-5-4-6-22(13-19)34-27(39)20-7-8-21(23(14-20)28(29,30)31)16-37-9-11-40-12-10-37/h4-8,13-15,17-18H,3,9-12,16H2,1-2H3,(H,34,39)(H,33,35,36)/t18-/m0/s1. The zero-order valence-corrected chi connectivity index (χ0v) is 22.2. The molecule has 1 fully saturated rings. The van der Waals surface area contributed by atoms with Gasteiger partial charge < -0.3 is 15.4 Å². The lowest BCUT2D eigenvalue weighted by Crippen LogP contribution is -2.36. The van der Waals surface area contributed by atoms with E-state index in [9.17, 15) is 18.0 Å². The second kappa shape index (κ2) is 11.6. The number of anilines is 2. The highest BCUT2D eigenvalue weighted by Gasteiger charge is 2.34. The fourth-order valence-corrected chi connectivity index (χ4v) is 4.59. The van der Waals surface area contributed by atoms with E-state index in [1.807, 2.05) is 31.0 Å². The van der Waals surface area contributed by atoms with Crippen molar-refractivity contribution in [1.82, 2.24) is 24.6 Å². The number of benzene rings is 2. The first-order chi connectivity index (χ1) is 19.2. The number of aryl methyl sites for hydroxylation is 1. The third-order valence-electron chi connectivity index (χ3n) is 6.78. The van der Waals surface area contributed by atoms with Gasteiger partial charge in [0, 0.05) is 37.4 Å². The van der Waals surface area contributed by atoms with Crippen LogP contribution < -0.4 is 10.6 Å². The predicted molar refractivity (Wildman–Crippen MR) is 145 cm³/mol. The second-order valence-corrected chi connectivity index (χ2v) is 9.65. The van der Waals surface area contributed by atoms with Crippen LogP contribution in [0.15, 0.2) is 54.9 Å². The van der Waals surface area contributed by atoms with Crippen molar-refractivity contribution < 1.29 is 22.7 Å². The van der Waals surface area contributed by atoms with E-state index < -0.39 is 17.6 Å². The summed E-state index contributed by atoms with van der Waals surface area (Å²) >= 11 is 0. The fourth-order valence-electron chi connectivity index (χ4n) is 4.59. The Hall–Kier alpha value is -4.03. The maximum absolute atomic E-state index is 13.9. The molecule has 1 amide bonds. The molecule has 40 heavy (non-hydrogen) atoms. The average molecular weight is 554 g/mol. The number of morpholine rings is 1. The Kier molecular flexibility index (Phi) is 7.99. The van der Waals surface area contributed by atoms with Gasteiger partial charge in [-0.15, -0.1) is 0 Å². The summed E-state index contributed by atoms with van der Waals surface area (Å²) in [7, 11) is 0. The van der Waals surface area contributed by atoms with Crippen molar-refractivity contribution in [3.63, 3.8) is 0 Å². The van der Waals surface area contributed by atoms with Gasteiger partial charge >= 0.3 is 6.18 Å². The normalized spacial score (nSPS) is 15.2. The molecule has 1 saturated heterocycles. The fraction of sp³-hybridized carbons (Fsp3) is 0.357. The van der Waals surface area contributed by atoms with E-state index in [0.29, 0.717) is 55.5 Å². The molecule has 0 aliphatic carbocycles. The molecule has 3 heterocycles. The molecule has 4 aromatic rings. The Morgan fingerprint density at radius 1 is 1.15 bits per heavy atom. The lowest BCUT2D eigenvalue weighted by molar-refractivity contribution is -0.138. The number of halogens is 3. The molecule has 5 rings (SSSR count). The highest BCUT2D eigenvalue weighted by atomic mass is 19.4. The zero-order chi connectivity index (χ0) is 28.3. The minimum absolute atomic E-state index is 0.0651. The first kappa shape index (κ1) is 27.5. The highest BCUT2D eigenvalue weighted by molar-refractivity contribution is 6.04. The van der Waals surface area contributed by atoms with Crippen LogP contribution >= 0.6 is 0 Å². The summed E-state index contributed by atoms with van der Waals surface area (Å²) in [5, 5.41) is 10.4. The van der Waals surface area contributed by atoms with Crippen LogP contribution in [0.25, 0.3) is 11.2 Å². The summed E-state index contributed by atoms with van der Waals surface area (Å²) in [6.45, 7) is 6.87. The molecule has 9 nitrogen and oxygen atoms in total. The summed E-state index contributed by atoms with van der Waals surface area (Å²) < 4.78 is 48.8. The van der Waals surface area contributed by atoms with Crippen LogP contribution in [0.2, 0.25) is 0 Å². The molecule has 2 aromatic carbocycles. The van der Waals surface area contributed by atoms with Crippen molar-refractivity contribution in [2.75, 3.05) is 36.9 Å². The summed E-state index contributed by atoms with van der Waals surface area (Å²) in [6.07, 6.45) is -1.12. The van der Waals surface area contributed by atoms with Gasteiger partial charge in [-0.3, -0.25) is 14.4 Å². The topological polar surface area (TPSA) is 97.2 Å². The maximum Gasteiger partial charge on any atom is 0.416 e. The van der Waals surface area contributed by atoms with Gasteiger partial charge in [-0.05, 0) is 49.2 Å². The van der Waals surface area contributed by atoms with Crippen LogP contribution in [-0.4, -0.2) is 56.9 Å². The third kappa shape index (κ3) is 6.40. The zero-order valence-electron chi connectivity index (χ0n) is 22.2. The third-order valence-corrected chi connectivity index (χ3v) is 6.78. The van der Waals surface area contributed by atoms with Gasteiger partial charge in [0.15, 0.2) is 0 Å². The molecular formula is C28H30F3N7O2. The van der Waals surface area contributed by atoms with E-state index in [1.165, 1.54) is 12.1 Å². The lowest BCUT2D eigenvalue weighted by atomic mass is 10.0. The SMILES string of the molecule is CCn1cc2ncc(N[C@@H](C)c3cccc(NC(=O)c4ccc(CN5CCOCC5)c(C(F)(F)F)c4)c3)nc2n1. The van der Waals surface area contributed by atoms with Crippen LogP contribution in [0.5, 0.6) is 0 Å². The van der Waals surface area contributed by atoms with E-state index >= 15 is 0 Å². The lowest BCUT2D eigenvalue weighted by Gasteiger charge is -2.27. The van der Waals surface area contributed by atoms with Crippen LogP contribution in [0.1, 0.15) is 46.9 Å². The molecule has 0 bridgehead atoms. The van der Waals surface area contributed by atoms with Crippen molar-refractivity contribution in [1.29, 1.82) is 0 Å². The van der Waals surface area contributed by atoms with Crippen molar-refractivity contribution in [3.8, 4) is 0 Å². The Morgan fingerprint density at radius 2 is 1.95 bits per heavy atom. The number of carbonyl (C=O) groups excluding carboxylic acids is 1. The van der Waals surface area contributed by atoms with Crippen LogP contribution in [0.3, 0.4) is 0 Å². The highest BCUT2D eigenvalue weighted by Crippen LogP contribution is 2.34. The Balaban J connectivity index is 1.29. The molecular weight excluding hydrogens is 523 g/mol. The first-order valence-corrected chi connectivity index (χ1v) is 13.1. The van der Waals surface area contributed by atoms with Crippen molar-refractivity contribution in [3.05, 3.63) is 77.1 Å². The monoisotopic (exact) mass is 553 g/mol. The molecule has 210 valence electrons. The average Bonchev–Trinajstić information content (AvgIpc) is 3.36. The van der Waals surface area contributed by atoms with Crippen LogP contribution in [-0.2, 0) is 24.0 Å². The molecule has 12 heteroatoms. The Morgan fingerprint density at radius 3 is 2.70 bits per heavy atom. The minimum atomic E-state index is -4.58. The number of carbonyl (C=O) groups is 1. The number of fused-ring (bicyclic) bond motifs is 1. The van der Waals surface area contributed by atoms with Gasteiger partial charge in [0.05, 0.1) is 37.2 Å². The second-order valence-electron chi connectivity index (χ2n) is 9.65. The quantitative estimate of drug-likeness (QED) is 0.313. The molecule has 0 radical (unpaired) electrons. The number of hydrogen-bond acceptors (Lipinski definition) is 7. The molecule has 1 atom stereocenters. The molecule has 0 unspecified atom stereocenters.